The molecule has 0 aliphatic heterocycles. The van der Waals surface area contributed by atoms with Crippen LogP contribution in [0.15, 0.2) is 66.2 Å². The fourth-order valence-corrected chi connectivity index (χ4v) is 4.61. The number of hydrogen-bond acceptors (Lipinski definition) is 4. The first-order valence-electron chi connectivity index (χ1n) is 10.7. The molecule has 2 aromatic heterocycles. The third kappa shape index (κ3) is 4.88. The Morgan fingerprint density at radius 1 is 1.03 bits per heavy atom. The molecular weight excluding hydrogens is 432 g/mol. The van der Waals surface area contributed by atoms with Crippen LogP contribution < -0.4 is 5.32 Å². The lowest BCUT2D eigenvalue weighted by Crippen LogP contribution is -2.35. The molecule has 2 heterocycles. The standard InChI is InChI=1S/C26H26N4O2S/c1-17-13-18(2)24(19(3)14-17)27-23(31)16-29(4)26(32)21-15-30(20-9-6-5-7-10-20)28-25(21)22-11-8-12-33-22/h5-15H,16H2,1-4H3,(H,27,31). The van der Waals surface area contributed by atoms with Crippen LogP contribution >= 0.6 is 11.3 Å². The van der Waals surface area contributed by atoms with Gasteiger partial charge in [0.25, 0.3) is 5.91 Å². The lowest BCUT2D eigenvalue weighted by Gasteiger charge is -2.18. The maximum Gasteiger partial charge on any atom is 0.257 e. The van der Waals surface area contributed by atoms with Crippen molar-refractivity contribution >= 4 is 28.8 Å². The number of benzene rings is 2. The van der Waals surface area contributed by atoms with Gasteiger partial charge in [-0.3, -0.25) is 9.59 Å². The van der Waals surface area contributed by atoms with Gasteiger partial charge in [0.05, 0.1) is 22.7 Å². The van der Waals surface area contributed by atoms with Crippen molar-refractivity contribution in [2.24, 2.45) is 0 Å². The minimum absolute atomic E-state index is 0.0635. The van der Waals surface area contributed by atoms with Gasteiger partial charge >= 0.3 is 0 Å². The van der Waals surface area contributed by atoms with Crippen molar-refractivity contribution in [3.05, 3.63) is 88.4 Å². The van der Waals surface area contributed by atoms with E-state index in [-0.39, 0.29) is 18.4 Å². The zero-order chi connectivity index (χ0) is 23.5. The van der Waals surface area contributed by atoms with E-state index in [9.17, 15) is 9.59 Å². The third-order valence-corrected chi connectivity index (χ3v) is 6.27. The van der Waals surface area contributed by atoms with E-state index in [1.54, 1.807) is 17.9 Å². The molecule has 0 unspecified atom stereocenters. The molecule has 0 spiro atoms. The average molecular weight is 459 g/mol. The zero-order valence-corrected chi connectivity index (χ0v) is 19.9. The van der Waals surface area contributed by atoms with Gasteiger partial charge in [-0.25, -0.2) is 4.68 Å². The molecular formula is C26H26N4O2S. The molecule has 0 radical (unpaired) electrons. The van der Waals surface area contributed by atoms with Crippen LogP contribution in [0.4, 0.5) is 5.69 Å². The average Bonchev–Trinajstić information content (AvgIpc) is 3.46. The van der Waals surface area contributed by atoms with Crippen LogP contribution in [0.2, 0.25) is 0 Å². The number of likely N-dealkylation sites (N-methyl/N-ethyl adjacent to an activating group) is 1. The summed E-state index contributed by atoms with van der Waals surface area (Å²) in [4.78, 5) is 28.5. The number of hydrogen-bond donors (Lipinski definition) is 1. The number of carbonyl (C=O) groups is 2. The molecule has 168 valence electrons. The molecule has 0 aliphatic carbocycles. The monoisotopic (exact) mass is 458 g/mol. The van der Waals surface area contributed by atoms with Crippen molar-refractivity contribution in [2.45, 2.75) is 20.8 Å². The van der Waals surface area contributed by atoms with Crippen LogP contribution in [0.5, 0.6) is 0 Å². The van der Waals surface area contributed by atoms with E-state index in [0.717, 1.165) is 32.9 Å². The van der Waals surface area contributed by atoms with Crippen molar-refractivity contribution in [3.63, 3.8) is 0 Å². The second kappa shape index (κ2) is 9.42. The Morgan fingerprint density at radius 2 is 1.73 bits per heavy atom. The van der Waals surface area contributed by atoms with Gasteiger partial charge in [0.15, 0.2) is 0 Å². The lowest BCUT2D eigenvalue weighted by atomic mass is 10.1. The van der Waals surface area contributed by atoms with Gasteiger partial charge in [-0.2, -0.15) is 5.10 Å². The summed E-state index contributed by atoms with van der Waals surface area (Å²) in [6, 6.07) is 17.6. The molecule has 0 saturated heterocycles. The smallest absolute Gasteiger partial charge is 0.257 e. The summed E-state index contributed by atoms with van der Waals surface area (Å²) < 4.78 is 1.70. The predicted molar refractivity (Wildman–Crippen MR) is 133 cm³/mol. The number of para-hydroxylation sites is 1. The normalized spacial score (nSPS) is 10.8. The fourth-order valence-electron chi connectivity index (χ4n) is 3.89. The van der Waals surface area contributed by atoms with Crippen molar-refractivity contribution in [3.8, 4) is 16.3 Å². The van der Waals surface area contributed by atoms with Crippen molar-refractivity contribution in [1.29, 1.82) is 0 Å². The SMILES string of the molecule is Cc1cc(C)c(NC(=O)CN(C)C(=O)c2cn(-c3ccccc3)nc2-c2cccs2)c(C)c1. The number of anilines is 1. The number of rotatable bonds is 6. The molecule has 1 N–H and O–H groups in total. The third-order valence-electron chi connectivity index (χ3n) is 5.39. The van der Waals surface area contributed by atoms with Gasteiger partial charge in [-0.15, -0.1) is 11.3 Å². The molecule has 6 nitrogen and oxygen atoms in total. The van der Waals surface area contributed by atoms with Gasteiger partial charge in [0.1, 0.15) is 5.69 Å². The zero-order valence-electron chi connectivity index (χ0n) is 19.1. The number of aryl methyl sites for hydroxylation is 3. The summed E-state index contributed by atoms with van der Waals surface area (Å²) in [6.45, 7) is 5.90. The van der Waals surface area contributed by atoms with Crippen molar-refractivity contribution in [2.75, 3.05) is 18.9 Å². The molecule has 4 aromatic rings. The van der Waals surface area contributed by atoms with Crippen molar-refractivity contribution < 1.29 is 9.59 Å². The molecule has 0 bridgehead atoms. The van der Waals surface area contributed by atoms with Gasteiger partial charge < -0.3 is 10.2 Å². The Hall–Kier alpha value is -3.71. The van der Waals surface area contributed by atoms with Gasteiger partial charge in [-0.1, -0.05) is 42.0 Å². The summed E-state index contributed by atoms with van der Waals surface area (Å²) in [6.07, 6.45) is 1.73. The maximum atomic E-state index is 13.4. The summed E-state index contributed by atoms with van der Waals surface area (Å²) >= 11 is 1.52. The predicted octanol–water partition coefficient (Wildman–Crippen LogP) is 5.24. The summed E-state index contributed by atoms with van der Waals surface area (Å²) in [7, 11) is 1.63. The highest BCUT2D eigenvalue weighted by Crippen LogP contribution is 2.28. The van der Waals surface area contributed by atoms with Gasteiger partial charge in [0, 0.05) is 18.9 Å². The summed E-state index contributed by atoms with van der Waals surface area (Å²) in [5.74, 6) is -0.498. The van der Waals surface area contributed by atoms with Gasteiger partial charge in [-0.05, 0) is 55.5 Å². The Morgan fingerprint density at radius 3 is 2.36 bits per heavy atom. The van der Waals surface area contributed by atoms with Crippen LogP contribution in [-0.4, -0.2) is 40.1 Å². The van der Waals surface area contributed by atoms with Crippen LogP contribution in [-0.2, 0) is 4.79 Å². The molecule has 7 heteroatoms. The highest BCUT2D eigenvalue weighted by atomic mass is 32.1. The Kier molecular flexibility index (Phi) is 6.42. The van der Waals surface area contributed by atoms with Crippen LogP contribution in [0.3, 0.4) is 0 Å². The van der Waals surface area contributed by atoms with E-state index in [4.69, 9.17) is 0 Å². The molecule has 0 aliphatic rings. The Labute approximate surface area is 197 Å². The van der Waals surface area contributed by atoms with Crippen LogP contribution in [0.1, 0.15) is 27.0 Å². The minimum Gasteiger partial charge on any atom is -0.332 e. The Balaban J connectivity index is 1.57. The van der Waals surface area contributed by atoms with E-state index in [0.29, 0.717) is 11.3 Å². The second-order valence-electron chi connectivity index (χ2n) is 8.13. The first kappa shape index (κ1) is 22.5. The van der Waals surface area contributed by atoms with Gasteiger partial charge in [0.2, 0.25) is 5.91 Å². The highest BCUT2D eigenvalue weighted by Gasteiger charge is 2.23. The number of nitrogens with one attached hydrogen (secondary N) is 1. The summed E-state index contributed by atoms with van der Waals surface area (Å²) in [5.41, 5.74) is 5.86. The topological polar surface area (TPSA) is 67.2 Å². The summed E-state index contributed by atoms with van der Waals surface area (Å²) in [5, 5.41) is 9.60. The van der Waals surface area contributed by atoms with E-state index in [1.807, 2.05) is 80.7 Å². The number of aromatic nitrogens is 2. The van der Waals surface area contributed by atoms with E-state index in [2.05, 4.69) is 10.4 Å². The molecule has 0 saturated carbocycles. The number of carbonyl (C=O) groups excluding carboxylic acids is 2. The lowest BCUT2D eigenvalue weighted by molar-refractivity contribution is -0.116. The molecule has 2 aromatic carbocycles. The molecule has 2 amide bonds. The maximum absolute atomic E-state index is 13.4. The number of thiophene rings is 1. The highest BCUT2D eigenvalue weighted by molar-refractivity contribution is 7.13. The molecule has 0 fully saturated rings. The largest absolute Gasteiger partial charge is 0.332 e. The number of amides is 2. The molecule has 4 rings (SSSR count). The van der Waals surface area contributed by atoms with E-state index in [1.165, 1.54) is 16.2 Å². The molecule has 33 heavy (non-hydrogen) atoms. The van der Waals surface area contributed by atoms with Crippen LogP contribution in [0, 0.1) is 20.8 Å². The first-order chi connectivity index (χ1) is 15.8. The van der Waals surface area contributed by atoms with Crippen LogP contribution in [0.25, 0.3) is 16.3 Å². The second-order valence-corrected chi connectivity index (χ2v) is 9.08. The molecule has 0 atom stereocenters. The van der Waals surface area contributed by atoms with E-state index < -0.39 is 0 Å². The first-order valence-corrected chi connectivity index (χ1v) is 11.5. The fraction of sp³-hybridized carbons (Fsp3) is 0.192. The van der Waals surface area contributed by atoms with E-state index >= 15 is 0 Å². The Bertz CT molecular complexity index is 1270. The quantitative estimate of drug-likeness (QED) is 0.430. The number of nitrogens with zero attached hydrogens (tertiary/aromatic N) is 3. The van der Waals surface area contributed by atoms with Crippen molar-refractivity contribution in [1.82, 2.24) is 14.7 Å². The minimum atomic E-state index is -0.256.